The lowest BCUT2D eigenvalue weighted by Crippen LogP contribution is -2.34. The fraction of sp³-hybridized carbons (Fsp3) is 0.353. The highest BCUT2D eigenvalue weighted by Crippen LogP contribution is 2.45. The molecule has 0 bridgehead atoms. The third-order valence-corrected chi connectivity index (χ3v) is 7.80. The smallest absolute Gasteiger partial charge is 0.255 e. The van der Waals surface area contributed by atoms with Gasteiger partial charge in [0.25, 0.3) is 11.8 Å². The van der Waals surface area contributed by atoms with Gasteiger partial charge in [-0.05, 0) is 53.4 Å². The van der Waals surface area contributed by atoms with Crippen molar-refractivity contribution in [3.8, 4) is 11.5 Å². The highest BCUT2D eigenvalue weighted by Gasteiger charge is 2.40. The van der Waals surface area contributed by atoms with Crippen molar-refractivity contribution in [1.29, 1.82) is 0 Å². The van der Waals surface area contributed by atoms with Crippen LogP contribution in [0, 0.1) is 0 Å². The van der Waals surface area contributed by atoms with Crippen LogP contribution >= 0.6 is 0 Å². The van der Waals surface area contributed by atoms with Crippen molar-refractivity contribution < 1.29 is 19.4 Å². The van der Waals surface area contributed by atoms with Gasteiger partial charge in [-0.15, -0.1) is 0 Å². The van der Waals surface area contributed by atoms with E-state index in [-0.39, 0.29) is 23.1 Å². The normalized spacial score (nSPS) is 16.1. The van der Waals surface area contributed by atoms with E-state index in [9.17, 15) is 14.7 Å². The van der Waals surface area contributed by atoms with Crippen LogP contribution in [-0.4, -0.2) is 35.6 Å². The number of nitrogens with one attached hydrogen (secondary N) is 2. The molecule has 4 aromatic carbocycles. The summed E-state index contributed by atoms with van der Waals surface area (Å²) in [6, 6.07) is 19.5. The quantitative estimate of drug-likeness (QED) is 0.196. The first kappa shape index (κ1) is 27.5. The maximum atomic E-state index is 13.3. The molecule has 5 rings (SSSR count). The van der Waals surface area contributed by atoms with Crippen molar-refractivity contribution in [2.45, 2.75) is 64.9 Å². The summed E-state index contributed by atoms with van der Waals surface area (Å²) in [5.74, 6) is 0.165. The minimum Gasteiger partial charge on any atom is -0.507 e. The number of rotatable bonds is 10. The van der Waals surface area contributed by atoms with Crippen molar-refractivity contribution in [3.05, 3.63) is 82.9 Å². The van der Waals surface area contributed by atoms with Crippen molar-refractivity contribution >= 4 is 33.4 Å². The van der Waals surface area contributed by atoms with Gasteiger partial charge in [-0.2, -0.15) is 0 Å². The van der Waals surface area contributed by atoms with Gasteiger partial charge in [-0.3, -0.25) is 9.59 Å². The molecule has 6 heteroatoms. The molecule has 1 aliphatic rings. The predicted octanol–water partition coefficient (Wildman–Crippen LogP) is 6.69. The SMILES string of the molecule is CCCCNC(=O)c1cc2ccccc2c(CC2(C)Cc3c(c(C(=O)NCCCC)cc4ccccc34)O2)c1O. The van der Waals surface area contributed by atoms with Crippen molar-refractivity contribution in [2.24, 2.45) is 0 Å². The molecule has 0 saturated heterocycles. The van der Waals surface area contributed by atoms with Gasteiger partial charge in [0.1, 0.15) is 17.1 Å². The maximum Gasteiger partial charge on any atom is 0.255 e. The van der Waals surface area contributed by atoms with Gasteiger partial charge >= 0.3 is 0 Å². The number of unbranched alkanes of at least 4 members (excludes halogenated alkanes) is 2. The second kappa shape index (κ2) is 11.6. The summed E-state index contributed by atoms with van der Waals surface area (Å²) in [4.78, 5) is 26.3. The summed E-state index contributed by atoms with van der Waals surface area (Å²) >= 11 is 0. The minimum absolute atomic E-state index is 0.0177. The first-order chi connectivity index (χ1) is 19.3. The van der Waals surface area contributed by atoms with Gasteiger partial charge in [-0.25, -0.2) is 0 Å². The molecule has 1 heterocycles. The van der Waals surface area contributed by atoms with Gasteiger partial charge in [0, 0.05) is 37.1 Å². The van der Waals surface area contributed by atoms with E-state index in [1.807, 2.05) is 55.5 Å². The Kier molecular flexibility index (Phi) is 7.97. The second-order valence-electron chi connectivity index (χ2n) is 11.0. The van der Waals surface area contributed by atoms with Crippen LogP contribution in [0.1, 0.15) is 78.3 Å². The number of ether oxygens (including phenoxy) is 1. The van der Waals surface area contributed by atoms with E-state index in [1.165, 1.54) is 0 Å². The van der Waals surface area contributed by atoms with E-state index in [4.69, 9.17) is 4.74 Å². The molecule has 0 radical (unpaired) electrons. The van der Waals surface area contributed by atoms with E-state index < -0.39 is 5.60 Å². The number of phenols is 1. The molecule has 0 aromatic heterocycles. The molecule has 1 atom stereocenters. The van der Waals surface area contributed by atoms with Crippen LogP contribution < -0.4 is 15.4 Å². The molecule has 6 nitrogen and oxygen atoms in total. The van der Waals surface area contributed by atoms with Gasteiger partial charge in [0.05, 0.1) is 11.1 Å². The third-order valence-electron chi connectivity index (χ3n) is 7.80. The Morgan fingerprint density at radius 3 is 2.05 bits per heavy atom. The van der Waals surface area contributed by atoms with Gasteiger partial charge in [0.2, 0.25) is 0 Å². The molecule has 0 saturated carbocycles. The van der Waals surface area contributed by atoms with E-state index in [1.54, 1.807) is 6.07 Å². The largest absolute Gasteiger partial charge is 0.507 e. The van der Waals surface area contributed by atoms with Crippen LogP contribution in [0.4, 0.5) is 0 Å². The van der Waals surface area contributed by atoms with E-state index in [0.717, 1.165) is 52.8 Å². The van der Waals surface area contributed by atoms with Crippen LogP contribution in [0.3, 0.4) is 0 Å². The molecule has 1 aliphatic heterocycles. The van der Waals surface area contributed by atoms with Crippen LogP contribution in [0.5, 0.6) is 11.5 Å². The van der Waals surface area contributed by atoms with Crippen LogP contribution in [-0.2, 0) is 12.8 Å². The molecule has 1 unspecified atom stereocenters. The Bertz CT molecular complexity index is 1580. The zero-order valence-corrected chi connectivity index (χ0v) is 23.6. The fourth-order valence-corrected chi connectivity index (χ4v) is 5.70. The molecule has 3 N–H and O–H groups in total. The van der Waals surface area contributed by atoms with E-state index >= 15 is 0 Å². The van der Waals surface area contributed by atoms with Crippen molar-refractivity contribution in [1.82, 2.24) is 10.6 Å². The Hall–Kier alpha value is -4.06. The number of fused-ring (bicyclic) bond motifs is 4. The summed E-state index contributed by atoms with van der Waals surface area (Å²) in [5, 5.41) is 21.3. The number of hydrogen-bond donors (Lipinski definition) is 3. The average Bonchev–Trinajstić information content (AvgIpc) is 3.31. The monoisotopic (exact) mass is 538 g/mol. The molecule has 40 heavy (non-hydrogen) atoms. The first-order valence-corrected chi connectivity index (χ1v) is 14.4. The van der Waals surface area contributed by atoms with E-state index in [2.05, 4.69) is 30.5 Å². The zero-order valence-electron chi connectivity index (χ0n) is 23.6. The van der Waals surface area contributed by atoms with Crippen LogP contribution in [0.25, 0.3) is 21.5 Å². The number of amides is 2. The van der Waals surface area contributed by atoms with Gasteiger partial charge in [-0.1, -0.05) is 75.2 Å². The number of hydrogen-bond acceptors (Lipinski definition) is 4. The second-order valence-corrected chi connectivity index (χ2v) is 11.0. The van der Waals surface area contributed by atoms with Crippen LogP contribution in [0.2, 0.25) is 0 Å². The predicted molar refractivity (Wildman–Crippen MR) is 160 cm³/mol. The first-order valence-electron chi connectivity index (χ1n) is 14.4. The average molecular weight is 539 g/mol. The molecule has 0 aliphatic carbocycles. The number of aromatic hydroxyl groups is 1. The lowest BCUT2D eigenvalue weighted by atomic mass is 9.86. The van der Waals surface area contributed by atoms with Crippen molar-refractivity contribution in [2.75, 3.05) is 13.1 Å². The standard InChI is InChI=1S/C34H38N2O4/c1-4-6-16-35-32(38)26-18-22-12-8-10-14-24(22)28(30(26)37)20-34(3)21-29-25-15-11-9-13-23(25)19-27(31(29)40-34)33(39)36-17-7-5-2/h8-15,18-19,37H,4-7,16-17,20-21H2,1-3H3,(H,35,38)(H,36,39). The van der Waals surface area contributed by atoms with Crippen LogP contribution in [0.15, 0.2) is 60.7 Å². The number of carbonyl (C=O) groups excluding carboxylic acids is 2. The number of carbonyl (C=O) groups is 2. The Labute approximate surface area is 235 Å². The summed E-state index contributed by atoms with van der Waals surface area (Å²) < 4.78 is 6.68. The van der Waals surface area contributed by atoms with Gasteiger partial charge in [0.15, 0.2) is 0 Å². The molecular formula is C34H38N2O4. The lowest BCUT2D eigenvalue weighted by Gasteiger charge is -2.26. The molecule has 0 spiro atoms. The summed E-state index contributed by atoms with van der Waals surface area (Å²) in [5.41, 5.74) is 1.74. The molecule has 4 aromatic rings. The minimum atomic E-state index is -0.734. The van der Waals surface area contributed by atoms with Gasteiger partial charge < -0.3 is 20.5 Å². The Morgan fingerprint density at radius 2 is 1.40 bits per heavy atom. The highest BCUT2D eigenvalue weighted by molar-refractivity contribution is 6.04. The molecule has 2 amide bonds. The fourth-order valence-electron chi connectivity index (χ4n) is 5.70. The van der Waals surface area contributed by atoms with E-state index in [0.29, 0.717) is 42.8 Å². The Balaban J connectivity index is 1.54. The summed E-state index contributed by atoms with van der Waals surface area (Å²) in [7, 11) is 0. The summed E-state index contributed by atoms with van der Waals surface area (Å²) in [6.07, 6.45) is 4.69. The number of phenolic OH excluding ortho intramolecular Hbond substituents is 1. The zero-order chi connectivity index (χ0) is 28.3. The third kappa shape index (κ3) is 5.35. The molecule has 0 fully saturated rings. The molecular weight excluding hydrogens is 500 g/mol. The Morgan fingerprint density at radius 1 is 0.850 bits per heavy atom. The summed E-state index contributed by atoms with van der Waals surface area (Å²) in [6.45, 7) is 7.35. The topological polar surface area (TPSA) is 87.7 Å². The maximum absolute atomic E-state index is 13.3. The lowest BCUT2D eigenvalue weighted by molar-refractivity contribution is 0.0920. The molecule has 208 valence electrons. The van der Waals surface area contributed by atoms with Crippen molar-refractivity contribution in [3.63, 3.8) is 0 Å². The highest BCUT2D eigenvalue weighted by atomic mass is 16.5. The number of benzene rings is 4.